The third-order valence-corrected chi connectivity index (χ3v) is 6.99. The largest absolute Gasteiger partial charge is 0.381 e. The van der Waals surface area contributed by atoms with E-state index < -0.39 is 53.5 Å². The molecule has 1 saturated heterocycles. The Balaban J connectivity index is 2.22. The standard InChI is InChI=1S/C25H46N6O5/c1-14(2)11-16-9-10-31(23(35)18(13-26)29-24(36)30-25(3,4)5)19(16)22(34)28-17(20(32)21(27)33)12-15-7-6-8-15/h14-20,32H,6-13,26H2,1-5H3,(H2,27,33)(H,28,34)(H2,29,30,36)/t16?,17?,18-,19-,20?/m0/s1. The number of amides is 5. The van der Waals surface area contributed by atoms with E-state index in [0.29, 0.717) is 31.2 Å². The van der Waals surface area contributed by atoms with Gasteiger partial charge >= 0.3 is 6.03 Å². The number of carbonyl (C=O) groups is 4. The number of aliphatic hydroxyl groups is 1. The van der Waals surface area contributed by atoms with Gasteiger partial charge in [-0.1, -0.05) is 33.1 Å². The van der Waals surface area contributed by atoms with E-state index in [1.54, 1.807) is 0 Å². The quantitative estimate of drug-likeness (QED) is 0.231. The minimum Gasteiger partial charge on any atom is -0.381 e. The smallest absolute Gasteiger partial charge is 0.315 e. The molecule has 0 aromatic carbocycles. The summed E-state index contributed by atoms with van der Waals surface area (Å²) < 4.78 is 0. The Morgan fingerprint density at radius 3 is 2.17 bits per heavy atom. The van der Waals surface area contributed by atoms with Crippen molar-refractivity contribution in [2.24, 2.45) is 29.2 Å². The van der Waals surface area contributed by atoms with E-state index in [2.05, 4.69) is 29.8 Å². The van der Waals surface area contributed by atoms with Gasteiger partial charge in [0.2, 0.25) is 17.7 Å². The Bertz CT molecular complexity index is 794. The summed E-state index contributed by atoms with van der Waals surface area (Å²) in [5, 5.41) is 18.6. The van der Waals surface area contributed by atoms with Crippen molar-refractivity contribution in [2.45, 2.75) is 103 Å². The summed E-state index contributed by atoms with van der Waals surface area (Å²) >= 11 is 0. The van der Waals surface area contributed by atoms with Gasteiger partial charge in [0.05, 0.1) is 6.04 Å². The van der Waals surface area contributed by atoms with Crippen molar-refractivity contribution in [1.82, 2.24) is 20.9 Å². The number of nitrogens with zero attached hydrogens (tertiary/aromatic N) is 1. The summed E-state index contributed by atoms with van der Waals surface area (Å²) in [7, 11) is 0. The number of primary amides is 1. The first-order chi connectivity index (χ1) is 16.7. The van der Waals surface area contributed by atoms with E-state index >= 15 is 0 Å². The Kier molecular flexibility index (Phi) is 10.5. The van der Waals surface area contributed by atoms with Gasteiger partial charge in [-0.2, -0.15) is 0 Å². The number of carbonyl (C=O) groups excluding carboxylic acids is 4. The van der Waals surface area contributed by atoms with Gasteiger partial charge in [0.1, 0.15) is 12.1 Å². The van der Waals surface area contributed by atoms with Gasteiger partial charge in [0.25, 0.3) is 0 Å². The van der Waals surface area contributed by atoms with Crippen molar-refractivity contribution < 1.29 is 24.3 Å². The molecular weight excluding hydrogens is 464 g/mol. The highest BCUT2D eigenvalue weighted by Gasteiger charge is 2.45. The molecule has 11 nitrogen and oxygen atoms in total. The highest BCUT2D eigenvalue weighted by atomic mass is 16.3. The molecule has 1 aliphatic carbocycles. The van der Waals surface area contributed by atoms with E-state index in [1.807, 2.05) is 20.8 Å². The summed E-state index contributed by atoms with van der Waals surface area (Å²) in [4.78, 5) is 52.7. The van der Waals surface area contributed by atoms with Crippen LogP contribution in [0.25, 0.3) is 0 Å². The third-order valence-electron chi connectivity index (χ3n) is 6.99. The second-order valence-corrected chi connectivity index (χ2v) is 11.8. The van der Waals surface area contributed by atoms with Gasteiger partial charge < -0.3 is 37.4 Å². The predicted octanol–water partition coefficient (Wildman–Crippen LogP) is 0.196. The zero-order valence-corrected chi connectivity index (χ0v) is 22.4. The summed E-state index contributed by atoms with van der Waals surface area (Å²) in [6, 6.07) is -3.14. The fraction of sp³-hybridized carbons (Fsp3) is 0.840. The molecule has 2 fully saturated rings. The Morgan fingerprint density at radius 2 is 1.69 bits per heavy atom. The maximum atomic E-state index is 13.6. The molecule has 11 heteroatoms. The maximum Gasteiger partial charge on any atom is 0.315 e. The highest BCUT2D eigenvalue weighted by molar-refractivity contribution is 5.93. The van der Waals surface area contributed by atoms with E-state index in [-0.39, 0.29) is 12.5 Å². The van der Waals surface area contributed by atoms with Crippen LogP contribution >= 0.6 is 0 Å². The van der Waals surface area contributed by atoms with Crippen LogP contribution in [-0.4, -0.2) is 76.6 Å². The monoisotopic (exact) mass is 510 g/mol. The molecule has 0 radical (unpaired) electrons. The van der Waals surface area contributed by atoms with Crippen LogP contribution in [0, 0.1) is 17.8 Å². The van der Waals surface area contributed by atoms with E-state index in [0.717, 1.165) is 25.7 Å². The lowest BCUT2D eigenvalue weighted by atomic mass is 9.79. The minimum absolute atomic E-state index is 0.106. The molecule has 8 N–H and O–H groups in total. The van der Waals surface area contributed by atoms with Gasteiger partial charge in [-0.15, -0.1) is 0 Å². The van der Waals surface area contributed by atoms with Crippen molar-refractivity contribution >= 4 is 23.8 Å². The molecule has 0 bridgehead atoms. The molecular formula is C25H46N6O5. The molecule has 206 valence electrons. The number of aliphatic hydroxyl groups excluding tert-OH is 1. The average molecular weight is 511 g/mol. The molecule has 36 heavy (non-hydrogen) atoms. The lowest BCUT2D eigenvalue weighted by molar-refractivity contribution is -0.142. The molecule has 0 spiro atoms. The third kappa shape index (κ3) is 8.33. The first kappa shape index (κ1) is 29.8. The number of urea groups is 1. The number of likely N-dealkylation sites (tertiary alicyclic amines) is 1. The average Bonchev–Trinajstić information content (AvgIpc) is 3.13. The zero-order chi connectivity index (χ0) is 27.2. The topological polar surface area (TPSA) is 180 Å². The highest BCUT2D eigenvalue weighted by Crippen LogP contribution is 2.33. The lowest BCUT2D eigenvalue weighted by Crippen LogP contribution is -2.60. The van der Waals surface area contributed by atoms with E-state index in [9.17, 15) is 24.3 Å². The minimum atomic E-state index is -1.51. The normalized spacial score (nSPS) is 22.9. The molecule has 0 aromatic heterocycles. The van der Waals surface area contributed by atoms with Crippen LogP contribution in [0.5, 0.6) is 0 Å². The number of hydrogen-bond acceptors (Lipinski definition) is 6. The van der Waals surface area contributed by atoms with Crippen molar-refractivity contribution in [1.29, 1.82) is 0 Å². The van der Waals surface area contributed by atoms with Crippen LogP contribution in [0.15, 0.2) is 0 Å². The lowest BCUT2D eigenvalue weighted by Gasteiger charge is -2.35. The zero-order valence-electron chi connectivity index (χ0n) is 22.4. The second-order valence-electron chi connectivity index (χ2n) is 11.8. The summed E-state index contributed by atoms with van der Waals surface area (Å²) in [6.07, 6.45) is 3.31. The fourth-order valence-corrected chi connectivity index (χ4v) is 5.09. The van der Waals surface area contributed by atoms with Gasteiger partial charge in [0, 0.05) is 18.6 Å². The molecule has 2 rings (SSSR count). The number of hydrogen-bond donors (Lipinski definition) is 6. The number of rotatable bonds is 11. The molecule has 1 aliphatic heterocycles. The maximum absolute atomic E-state index is 13.6. The molecule has 3 unspecified atom stereocenters. The van der Waals surface area contributed by atoms with Crippen LogP contribution in [-0.2, 0) is 14.4 Å². The summed E-state index contributed by atoms with van der Waals surface area (Å²) in [6.45, 7) is 9.80. The second kappa shape index (κ2) is 12.7. The van der Waals surface area contributed by atoms with Gasteiger partial charge in [-0.05, 0) is 57.8 Å². The van der Waals surface area contributed by atoms with Crippen LogP contribution in [0.4, 0.5) is 4.79 Å². The van der Waals surface area contributed by atoms with Crippen molar-refractivity contribution in [3.63, 3.8) is 0 Å². The fourth-order valence-electron chi connectivity index (χ4n) is 5.09. The molecule has 5 amide bonds. The first-order valence-electron chi connectivity index (χ1n) is 13.1. The summed E-state index contributed by atoms with van der Waals surface area (Å²) in [5.41, 5.74) is 10.7. The molecule has 2 aliphatic rings. The molecule has 5 atom stereocenters. The van der Waals surface area contributed by atoms with Crippen LogP contribution < -0.4 is 27.4 Å². The number of nitrogens with one attached hydrogen (secondary N) is 3. The van der Waals surface area contributed by atoms with Crippen LogP contribution in [0.2, 0.25) is 0 Å². The predicted molar refractivity (Wildman–Crippen MR) is 136 cm³/mol. The Morgan fingerprint density at radius 1 is 1.06 bits per heavy atom. The Hall–Kier alpha value is -2.40. The molecule has 0 aromatic rings. The first-order valence-corrected chi connectivity index (χ1v) is 13.1. The summed E-state index contributed by atoms with van der Waals surface area (Å²) in [5.74, 6) is -1.25. The van der Waals surface area contributed by atoms with Crippen molar-refractivity contribution in [3.8, 4) is 0 Å². The van der Waals surface area contributed by atoms with E-state index in [4.69, 9.17) is 11.5 Å². The van der Waals surface area contributed by atoms with E-state index in [1.165, 1.54) is 4.90 Å². The van der Waals surface area contributed by atoms with Gasteiger partial charge in [-0.3, -0.25) is 14.4 Å². The van der Waals surface area contributed by atoms with Crippen LogP contribution in [0.1, 0.15) is 73.1 Å². The Labute approximate surface area is 214 Å². The number of nitrogens with two attached hydrogens (primary N) is 2. The molecule has 1 saturated carbocycles. The molecule has 1 heterocycles. The van der Waals surface area contributed by atoms with Gasteiger partial charge in [-0.25, -0.2) is 4.79 Å². The van der Waals surface area contributed by atoms with Crippen LogP contribution in [0.3, 0.4) is 0 Å². The van der Waals surface area contributed by atoms with Gasteiger partial charge in [0.15, 0.2) is 6.10 Å². The van der Waals surface area contributed by atoms with Crippen molar-refractivity contribution in [2.75, 3.05) is 13.1 Å². The SMILES string of the molecule is CC(C)CC1CCN(C(=O)[C@H](CN)NC(=O)NC(C)(C)C)[C@@H]1C(=O)NC(CC1CCC1)C(O)C(N)=O. The van der Waals surface area contributed by atoms with Crippen molar-refractivity contribution in [3.05, 3.63) is 0 Å².